The maximum absolute atomic E-state index is 6.33. The van der Waals surface area contributed by atoms with Gasteiger partial charge in [-0.3, -0.25) is 0 Å². The Morgan fingerprint density at radius 1 is 0.886 bits per heavy atom. The molecule has 0 radical (unpaired) electrons. The van der Waals surface area contributed by atoms with Crippen LogP contribution in [0, 0.1) is 5.41 Å². The van der Waals surface area contributed by atoms with Gasteiger partial charge in [-0.2, -0.15) is 0 Å². The molecule has 0 bridgehead atoms. The smallest absolute Gasteiger partial charge is 0.406 e. The Balaban J connectivity index is 1.66. The molecule has 4 nitrogen and oxygen atoms in total. The van der Waals surface area contributed by atoms with Crippen LogP contribution in [0.1, 0.15) is 102 Å². The molecule has 2 saturated heterocycles. The van der Waals surface area contributed by atoms with E-state index in [9.17, 15) is 0 Å². The summed E-state index contributed by atoms with van der Waals surface area (Å²) in [6.45, 7) is 11.8. The van der Waals surface area contributed by atoms with Gasteiger partial charge in [-0.1, -0.05) is 66.2 Å². The van der Waals surface area contributed by atoms with Gasteiger partial charge in [0.25, 0.3) is 0 Å². The first-order valence-electron chi connectivity index (χ1n) is 13.7. The van der Waals surface area contributed by atoms with Gasteiger partial charge < -0.3 is 18.8 Å². The van der Waals surface area contributed by atoms with E-state index < -0.39 is 0 Å². The van der Waals surface area contributed by atoms with Gasteiger partial charge in [0.15, 0.2) is 6.29 Å². The number of ether oxygens (including phenoxy) is 2. The fourth-order valence-electron chi connectivity index (χ4n) is 4.89. The van der Waals surface area contributed by atoms with Gasteiger partial charge in [-0.05, 0) is 48.3 Å². The highest BCUT2D eigenvalue weighted by Gasteiger charge is 2.37. The molecule has 2 aromatic heterocycles. The van der Waals surface area contributed by atoms with Gasteiger partial charge in [0.2, 0.25) is 0 Å². The highest BCUT2D eigenvalue weighted by Crippen LogP contribution is 2.40. The predicted molar refractivity (Wildman–Crippen MR) is 149 cm³/mol. The van der Waals surface area contributed by atoms with Crippen LogP contribution in [0.5, 0.6) is 0 Å². The summed E-state index contributed by atoms with van der Waals surface area (Å²) < 4.78 is 25.5. The third kappa shape index (κ3) is 7.21. The summed E-state index contributed by atoms with van der Waals surface area (Å²) in [4.78, 5) is 2.74. The zero-order chi connectivity index (χ0) is 24.7. The molecule has 2 aromatic rings. The maximum atomic E-state index is 6.33. The highest BCUT2D eigenvalue weighted by atomic mass is 32.1. The van der Waals surface area contributed by atoms with E-state index in [1.807, 2.05) is 22.7 Å². The van der Waals surface area contributed by atoms with Crippen LogP contribution in [0.4, 0.5) is 0 Å². The van der Waals surface area contributed by atoms with Gasteiger partial charge in [0.1, 0.15) is 0 Å². The SMILES string of the molecule is CCCCCCc1c(B2OCC(C)(C)CO2)sc(-c2cc(C3OCCO3)cs2)c1CCCCCC. The second-order valence-electron chi connectivity index (χ2n) is 10.8. The summed E-state index contributed by atoms with van der Waals surface area (Å²) in [5.74, 6) is 0. The topological polar surface area (TPSA) is 36.9 Å². The lowest BCUT2D eigenvalue weighted by Crippen LogP contribution is -2.47. The molecule has 0 spiro atoms. The summed E-state index contributed by atoms with van der Waals surface area (Å²) in [6, 6.07) is 2.29. The first-order valence-corrected chi connectivity index (χ1v) is 15.4. The Bertz CT molecular complexity index is 906. The molecule has 4 rings (SSSR count). The second-order valence-corrected chi connectivity index (χ2v) is 12.8. The standard InChI is InChI=1S/C28H43BO4S2/c1-5-7-9-11-13-22-23(14-12-10-8-6-2)26(29-32-19-28(3,4)20-33-29)35-25(22)24-17-21(18-34-24)27-30-15-16-31-27/h17-18,27H,5-16,19-20H2,1-4H3. The Labute approximate surface area is 220 Å². The highest BCUT2D eigenvalue weighted by molar-refractivity contribution is 7.28. The fraction of sp³-hybridized carbons (Fsp3) is 0.714. The molecule has 0 unspecified atom stereocenters. The Morgan fingerprint density at radius 3 is 2.14 bits per heavy atom. The van der Waals surface area contributed by atoms with Crippen LogP contribution in [0.15, 0.2) is 11.4 Å². The van der Waals surface area contributed by atoms with Crippen molar-refractivity contribution in [1.82, 2.24) is 0 Å². The quantitative estimate of drug-likeness (QED) is 0.203. The van der Waals surface area contributed by atoms with E-state index in [-0.39, 0.29) is 18.8 Å². The van der Waals surface area contributed by atoms with Crippen molar-refractivity contribution in [3.05, 3.63) is 28.1 Å². The van der Waals surface area contributed by atoms with Crippen LogP contribution in [-0.4, -0.2) is 33.5 Å². The first-order chi connectivity index (χ1) is 17.0. The molecule has 0 aromatic carbocycles. The Hall–Kier alpha value is -0.695. The average Bonchev–Trinajstić information content (AvgIpc) is 3.60. The van der Waals surface area contributed by atoms with Crippen LogP contribution in [-0.2, 0) is 31.6 Å². The summed E-state index contributed by atoms with van der Waals surface area (Å²) in [7, 11) is -0.238. The van der Waals surface area contributed by atoms with Crippen molar-refractivity contribution < 1.29 is 18.8 Å². The van der Waals surface area contributed by atoms with Crippen LogP contribution < -0.4 is 4.78 Å². The molecular formula is C28H43BO4S2. The summed E-state index contributed by atoms with van der Waals surface area (Å²) in [5, 5.41) is 2.21. The van der Waals surface area contributed by atoms with Gasteiger partial charge >= 0.3 is 7.12 Å². The van der Waals surface area contributed by atoms with Crippen LogP contribution in [0.25, 0.3) is 9.75 Å². The lowest BCUT2D eigenvalue weighted by molar-refractivity contribution is -0.0437. The van der Waals surface area contributed by atoms with Crippen LogP contribution in [0.2, 0.25) is 0 Å². The number of unbranched alkanes of at least 4 members (excludes halogenated alkanes) is 6. The minimum absolute atomic E-state index is 0.0742. The van der Waals surface area contributed by atoms with E-state index in [4.69, 9.17) is 18.8 Å². The van der Waals surface area contributed by atoms with E-state index in [0.717, 1.165) is 31.6 Å². The molecule has 0 N–H and O–H groups in total. The van der Waals surface area contributed by atoms with Gasteiger partial charge in [0.05, 0.1) is 13.2 Å². The lowest BCUT2D eigenvalue weighted by atomic mass is 9.78. The fourth-order valence-corrected chi connectivity index (χ4v) is 7.35. The van der Waals surface area contributed by atoms with Crippen LogP contribution in [0.3, 0.4) is 0 Å². The van der Waals surface area contributed by atoms with E-state index >= 15 is 0 Å². The molecule has 2 aliphatic rings. The molecule has 0 amide bonds. The van der Waals surface area contributed by atoms with E-state index in [1.165, 1.54) is 77.0 Å². The molecule has 35 heavy (non-hydrogen) atoms. The summed E-state index contributed by atoms with van der Waals surface area (Å²) in [6.07, 6.45) is 12.2. The lowest BCUT2D eigenvalue weighted by Gasteiger charge is -2.33. The van der Waals surface area contributed by atoms with Gasteiger partial charge in [0, 0.05) is 38.7 Å². The van der Waals surface area contributed by atoms with E-state index in [0.29, 0.717) is 13.2 Å². The van der Waals surface area contributed by atoms with Crippen molar-refractivity contribution >= 4 is 34.6 Å². The third-order valence-corrected chi connectivity index (χ3v) is 9.34. The molecule has 0 aliphatic carbocycles. The van der Waals surface area contributed by atoms with E-state index in [1.54, 1.807) is 0 Å². The van der Waals surface area contributed by atoms with Crippen molar-refractivity contribution in [3.63, 3.8) is 0 Å². The molecule has 2 fully saturated rings. The van der Waals surface area contributed by atoms with Crippen molar-refractivity contribution in [2.75, 3.05) is 26.4 Å². The zero-order valence-corrected chi connectivity index (χ0v) is 23.8. The van der Waals surface area contributed by atoms with Gasteiger partial charge in [-0.15, -0.1) is 22.7 Å². The number of hydrogen-bond donors (Lipinski definition) is 0. The number of rotatable bonds is 13. The van der Waals surface area contributed by atoms with Crippen molar-refractivity contribution in [2.45, 2.75) is 98.2 Å². The first kappa shape index (κ1) is 27.3. The average molecular weight is 519 g/mol. The minimum atomic E-state index is -0.238. The predicted octanol–water partition coefficient (Wildman–Crippen LogP) is 7.54. The number of thiophene rings is 2. The molecular weight excluding hydrogens is 475 g/mol. The summed E-state index contributed by atoms with van der Waals surface area (Å²) >= 11 is 3.72. The van der Waals surface area contributed by atoms with Gasteiger partial charge in [-0.25, -0.2) is 0 Å². The third-order valence-electron chi connectivity index (χ3n) is 6.91. The number of hydrogen-bond acceptors (Lipinski definition) is 6. The van der Waals surface area contributed by atoms with Crippen molar-refractivity contribution in [1.29, 1.82) is 0 Å². The van der Waals surface area contributed by atoms with Crippen molar-refractivity contribution in [3.8, 4) is 9.75 Å². The molecule has 194 valence electrons. The summed E-state index contributed by atoms with van der Waals surface area (Å²) in [5.41, 5.74) is 4.26. The minimum Gasteiger partial charge on any atom is -0.406 e. The molecule has 0 atom stereocenters. The zero-order valence-electron chi connectivity index (χ0n) is 22.2. The Morgan fingerprint density at radius 2 is 1.51 bits per heavy atom. The van der Waals surface area contributed by atoms with Crippen LogP contribution >= 0.6 is 22.7 Å². The molecule has 4 heterocycles. The Kier molecular flexibility index (Phi) is 10.3. The normalized spacial score (nSPS) is 18.6. The monoisotopic (exact) mass is 518 g/mol. The van der Waals surface area contributed by atoms with E-state index in [2.05, 4.69) is 39.1 Å². The molecule has 2 aliphatic heterocycles. The maximum Gasteiger partial charge on any atom is 0.504 e. The largest absolute Gasteiger partial charge is 0.504 e. The molecule has 0 saturated carbocycles. The van der Waals surface area contributed by atoms with Crippen molar-refractivity contribution in [2.24, 2.45) is 5.41 Å². The second kappa shape index (κ2) is 13.2. The molecule has 7 heteroatoms.